The highest BCUT2D eigenvalue weighted by Gasteiger charge is 2.77. The van der Waals surface area contributed by atoms with Crippen molar-refractivity contribution in [1.29, 1.82) is 0 Å². The molecule has 2 aromatic rings. The summed E-state index contributed by atoms with van der Waals surface area (Å²) in [5, 5.41) is 25.7. The number of hydroxylamine groups is 1. The van der Waals surface area contributed by atoms with Crippen LogP contribution >= 0.6 is 23.2 Å². The van der Waals surface area contributed by atoms with Gasteiger partial charge in [0.05, 0.1) is 23.8 Å². The molecule has 0 radical (unpaired) electrons. The number of nitrogens with one attached hydrogen (secondary N) is 5. The van der Waals surface area contributed by atoms with Crippen LogP contribution in [-0.4, -0.2) is 56.1 Å². The van der Waals surface area contributed by atoms with Gasteiger partial charge in [-0.05, 0) is 85.9 Å². The van der Waals surface area contributed by atoms with Crippen molar-refractivity contribution in [2.75, 3.05) is 32.2 Å². The maximum atomic E-state index is 14.8. The van der Waals surface area contributed by atoms with Crippen molar-refractivity contribution in [2.45, 2.75) is 80.9 Å². The number of halogens is 2. The highest BCUT2D eigenvalue weighted by molar-refractivity contribution is 6.31. The Morgan fingerprint density at radius 1 is 1.14 bits per heavy atom. The Kier molecular flexibility index (Phi) is 8.07. The lowest BCUT2D eigenvalue weighted by Crippen LogP contribution is -3.18. The number of rotatable bonds is 6. The number of amides is 1. The fourth-order valence-corrected chi connectivity index (χ4v) is 8.74. The smallest absolute Gasteiger partial charge is 0.251 e. The van der Waals surface area contributed by atoms with E-state index in [2.05, 4.69) is 35.2 Å². The summed E-state index contributed by atoms with van der Waals surface area (Å²) < 4.78 is 5.74. The first kappa shape index (κ1) is 30.8. The van der Waals surface area contributed by atoms with Crippen LogP contribution in [0.4, 0.5) is 5.69 Å². The molecule has 3 unspecified atom stereocenters. The van der Waals surface area contributed by atoms with E-state index in [9.17, 15) is 14.8 Å². The Labute approximate surface area is 262 Å². The summed E-state index contributed by atoms with van der Waals surface area (Å²) in [4.78, 5) is 26.6. The average molecular weight is 631 g/mol. The number of hydrogen-bond acceptors (Lipinski definition) is 7. The summed E-state index contributed by atoms with van der Waals surface area (Å²) in [7, 11) is 1.57. The lowest BCUT2D eigenvalue weighted by molar-refractivity contribution is -0.893. The molecular weight excluding hydrogens is 589 g/mol. The number of aldehydes is 1. The summed E-state index contributed by atoms with van der Waals surface area (Å²) in [5.41, 5.74) is 2.60. The number of carbonyl (C=O) groups is 2. The highest BCUT2D eigenvalue weighted by atomic mass is 35.5. The van der Waals surface area contributed by atoms with Gasteiger partial charge in [0.25, 0.3) is 5.91 Å². The van der Waals surface area contributed by atoms with Gasteiger partial charge in [-0.15, -0.1) is 0 Å². The normalized spacial score (nSPS) is 32.4. The number of carbonyl (C=O) groups excluding carboxylic acids is 2. The van der Waals surface area contributed by atoms with Crippen LogP contribution in [0.5, 0.6) is 0 Å². The molecule has 1 aliphatic carbocycles. The van der Waals surface area contributed by atoms with E-state index in [1.165, 1.54) is 0 Å². The number of ether oxygens (including phenoxy) is 1. The Bertz CT molecular complexity index is 1410. The van der Waals surface area contributed by atoms with Gasteiger partial charge >= 0.3 is 0 Å². The van der Waals surface area contributed by atoms with Crippen molar-refractivity contribution in [2.24, 2.45) is 5.41 Å². The Hall–Kier alpha value is -2.24. The van der Waals surface area contributed by atoms with Gasteiger partial charge < -0.3 is 25.4 Å². The van der Waals surface area contributed by atoms with Gasteiger partial charge in [0, 0.05) is 47.4 Å². The molecule has 4 aliphatic rings. The standard InChI is InChI=1S/C32H41Cl2N5O4/c1-29(2)8-10-31(11-9-29)32(25-7-6-22(33)16-26(25)37-39(32)42)27(20-13-21(28(41)35-3)15-23(34)14-20)30(19-40,38-31)18-36-24-5-4-12-43-17-24/h6-7,13-16,19,24,27,36-39H,4-5,8-12,17-18H2,1-3H3,(H,35,41)/t24?,27-,30?,32-/m0/s1. The summed E-state index contributed by atoms with van der Waals surface area (Å²) in [6.07, 6.45) is 5.99. The maximum absolute atomic E-state index is 14.8. The SMILES string of the molecule is CNC(=O)c1cc(Cl)cc([C@H]2C(C=O)(CNC3CCCOC3)NC3(CCC(C)(C)CC3)[C@]23c2ccc(Cl)cc2N[NH+]3[O-])c1. The van der Waals surface area contributed by atoms with Crippen LogP contribution in [0.3, 0.4) is 0 Å². The van der Waals surface area contributed by atoms with Crippen molar-refractivity contribution < 1.29 is 19.5 Å². The van der Waals surface area contributed by atoms with Gasteiger partial charge in [0.15, 0.2) is 5.54 Å². The average Bonchev–Trinajstić information content (AvgIpc) is 3.42. The Morgan fingerprint density at radius 3 is 2.58 bits per heavy atom. The van der Waals surface area contributed by atoms with E-state index < -0.39 is 22.5 Å². The molecule has 3 heterocycles. The van der Waals surface area contributed by atoms with E-state index >= 15 is 0 Å². The first-order valence-electron chi connectivity index (χ1n) is 15.2. The number of fused-ring (bicyclic) bond motifs is 3. The molecule has 1 saturated carbocycles. The van der Waals surface area contributed by atoms with Crippen molar-refractivity contribution in [1.82, 2.24) is 16.0 Å². The van der Waals surface area contributed by atoms with E-state index in [1.54, 1.807) is 31.3 Å². The van der Waals surface area contributed by atoms with Crippen LogP contribution in [0.1, 0.15) is 79.8 Å². The van der Waals surface area contributed by atoms with Crippen LogP contribution in [0.2, 0.25) is 10.0 Å². The minimum atomic E-state index is -1.21. The van der Waals surface area contributed by atoms with Crippen LogP contribution in [-0.2, 0) is 15.1 Å². The topological polar surface area (TPSA) is 119 Å². The number of benzene rings is 2. The lowest BCUT2D eigenvalue weighted by atomic mass is 9.57. The maximum Gasteiger partial charge on any atom is 0.251 e. The van der Waals surface area contributed by atoms with Crippen LogP contribution < -0.4 is 26.5 Å². The molecule has 2 spiro atoms. The van der Waals surface area contributed by atoms with Crippen LogP contribution in [0.25, 0.3) is 0 Å². The second-order valence-electron chi connectivity index (χ2n) is 13.6. The largest absolute Gasteiger partial charge is 0.607 e. The fourth-order valence-electron chi connectivity index (χ4n) is 8.32. The monoisotopic (exact) mass is 629 g/mol. The Balaban J connectivity index is 1.61. The highest BCUT2D eigenvalue weighted by Crippen LogP contribution is 2.62. The summed E-state index contributed by atoms with van der Waals surface area (Å²) in [5.74, 6) is -0.990. The number of anilines is 1. The molecule has 5 N–H and O–H groups in total. The number of hydrogen-bond donors (Lipinski definition) is 5. The van der Waals surface area contributed by atoms with Gasteiger partial charge in [-0.2, -0.15) is 0 Å². The van der Waals surface area contributed by atoms with Crippen molar-refractivity contribution in [3.8, 4) is 0 Å². The van der Waals surface area contributed by atoms with E-state index in [0.29, 0.717) is 46.3 Å². The van der Waals surface area contributed by atoms with Crippen LogP contribution in [0, 0.1) is 10.6 Å². The van der Waals surface area contributed by atoms with Gasteiger partial charge in [-0.25, -0.2) is 5.43 Å². The van der Waals surface area contributed by atoms with Gasteiger partial charge in [-0.3, -0.25) is 15.3 Å². The third-order valence-corrected chi connectivity index (χ3v) is 10.9. The summed E-state index contributed by atoms with van der Waals surface area (Å²) in [6.45, 7) is 6.07. The molecule has 5 atom stereocenters. The summed E-state index contributed by atoms with van der Waals surface area (Å²) >= 11 is 13.1. The fraction of sp³-hybridized carbons (Fsp3) is 0.562. The zero-order chi connectivity index (χ0) is 30.6. The molecule has 1 amide bonds. The molecule has 11 heteroatoms. The third kappa shape index (κ3) is 4.97. The molecule has 6 rings (SSSR count). The molecule has 0 aromatic heterocycles. The zero-order valence-corrected chi connectivity index (χ0v) is 26.5. The molecule has 43 heavy (non-hydrogen) atoms. The first-order chi connectivity index (χ1) is 20.5. The van der Waals surface area contributed by atoms with Gasteiger partial charge in [0.2, 0.25) is 0 Å². The molecule has 232 valence electrons. The minimum Gasteiger partial charge on any atom is -0.607 e. The van der Waals surface area contributed by atoms with Crippen molar-refractivity contribution in [3.05, 3.63) is 68.3 Å². The van der Waals surface area contributed by atoms with E-state index in [1.807, 2.05) is 12.1 Å². The molecule has 2 saturated heterocycles. The first-order valence-corrected chi connectivity index (χ1v) is 16.0. The number of quaternary nitrogens is 1. The molecule has 9 nitrogen and oxygen atoms in total. The van der Waals surface area contributed by atoms with Gasteiger partial charge in [-0.1, -0.05) is 37.0 Å². The van der Waals surface area contributed by atoms with Crippen molar-refractivity contribution in [3.63, 3.8) is 0 Å². The quantitative estimate of drug-likeness (QED) is 0.244. The predicted octanol–water partition coefficient (Wildman–Crippen LogP) is 3.70. The second-order valence-corrected chi connectivity index (χ2v) is 14.4. The molecule has 3 aliphatic heterocycles. The molecule has 3 fully saturated rings. The minimum absolute atomic E-state index is 0.0788. The van der Waals surface area contributed by atoms with E-state index in [4.69, 9.17) is 27.9 Å². The van der Waals surface area contributed by atoms with Gasteiger partial charge in [0.1, 0.15) is 11.8 Å². The van der Waals surface area contributed by atoms with Crippen LogP contribution in [0.15, 0.2) is 36.4 Å². The molecular formula is C32H41Cl2N5O4. The lowest BCUT2D eigenvalue weighted by Gasteiger charge is -2.52. The second kappa shape index (κ2) is 11.3. The Morgan fingerprint density at radius 2 is 1.91 bits per heavy atom. The third-order valence-electron chi connectivity index (χ3n) is 10.4. The predicted molar refractivity (Wildman–Crippen MR) is 167 cm³/mol. The summed E-state index contributed by atoms with van der Waals surface area (Å²) in [6, 6.07) is 10.8. The van der Waals surface area contributed by atoms with Crippen molar-refractivity contribution >= 4 is 41.1 Å². The molecule has 0 bridgehead atoms. The van der Waals surface area contributed by atoms with E-state index in [0.717, 1.165) is 44.1 Å². The van der Waals surface area contributed by atoms with E-state index in [-0.39, 0.29) is 29.1 Å². The molecule has 2 aromatic carbocycles. The zero-order valence-electron chi connectivity index (χ0n) is 24.9.